The van der Waals surface area contributed by atoms with Gasteiger partial charge in [-0.1, -0.05) is 11.6 Å². The summed E-state index contributed by atoms with van der Waals surface area (Å²) in [6.45, 7) is 3.45. The number of hydrogen-bond donors (Lipinski definition) is 1. The highest BCUT2D eigenvalue weighted by Gasteiger charge is 2.20. The third-order valence-corrected chi connectivity index (χ3v) is 4.70. The van der Waals surface area contributed by atoms with Crippen LogP contribution in [0.15, 0.2) is 16.8 Å². The van der Waals surface area contributed by atoms with E-state index in [0.29, 0.717) is 36.9 Å². The summed E-state index contributed by atoms with van der Waals surface area (Å²) in [5, 5.41) is 10.8. The van der Waals surface area contributed by atoms with Gasteiger partial charge in [0.2, 0.25) is 11.3 Å². The maximum atomic E-state index is 5.97. The number of fused-ring (bicyclic) bond motifs is 1. The van der Waals surface area contributed by atoms with Gasteiger partial charge in [0.25, 0.3) is 0 Å². The molecule has 0 atom stereocenters. The van der Waals surface area contributed by atoms with E-state index in [-0.39, 0.29) is 0 Å². The molecule has 3 aromatic heterocycles. The van der Waals surface area contributed by atoms with Gasteiger partial charge in [-0.3, -0.25) is 0 Å². The number of ether oxygens (including phenoxy) is 1. The first-order chi connectivity index (χ1) is 11.3. The highest BCUT2D eigenvalue weighted by molar-refractivity contribution is 7.16. The lowest BCUT2D eigenvalue weighted by Crippen LogP contribution is -2.37. The first kappa shape index (κ1) is 14.6. The van der Waals surface area contributed by atoms with Crippen LogP contribution in [0.1, 0.15) is 4.88 Å². The topological polar surface area (TPSA) is 89.2 Å². The molecule has 1 N–H and O–H groups in total. The van der Waals surface area contributed by atoms with Crippen LogP contribution < -0.4 is 10.2 Å². The van der Waals surface area contributed by atoms with E-state index >= 15 is 0 Å². The molecule has 0 bridgehead atoms. The number of anilines is 2. The number of nitrogens with zero attached hydrogens (tertiary/aromatic N) is 5. The Morgan fingerprint density at radius 1 is 1.17 bits per heavy atom. The molecule has 0 amide bonds. The molecule has 1 fully saturated rings. The third-order valence-electron chi connectivity index (χ3n) is 3.47. The maximum Gasteiger partial charge on any atom is 0.245 e. The van der Waals surface area contributed by atoms with E-state index in [1.165, 1.54) is 11.3 Å². The minimum absolute atomic E-state index is 0.383. The quantitative estimate of drug-likeness (QED) is 0.764. The number of rotatable bonds is 4. The molecule has 0 aromatic carbocycles. The Kier molecular flexibility index (Phi) is 3.98. The summed E-state index contributed by atoms with van der Waals surface area (Å²) in [5.41, 5.74) is 0.782. The second-order valence-electron chi connectivity index (χ2n) is 4.97. The van der Waals surface area contributed by atoms with E-state index in [0.717, 1.165) is 28.1 Å². The maximum absolute atomic E-state index is 5.97. The Morgan fingerprint density at radius 2 is 1.96 bits per heavy atom. The summed E-state index contributed by atoms with van der Waals surface area (Å²) in [6, 6.07) is 3.86. The van der Waals surface area contributed by atoms with Gasteiger partial charge in [0.1, 0.15) is 0 Å². The van der Waals surface area contributed by atoms with Gasteiger partial charge in [-0.2, -0.15) is 0 Å². The molecule has 23 heavy (non-hydrogen) atoms. The minimum atomic E-state index is 0.383. The fourth-order valence-electron chi connectivity index (χ4n) is 2.36. The summed E-state index contributed by atoms with van der Waals surface area (Å²) in [4.78, 5) is 12.2. The molecule has 0 saturated carbocycles. The second kappa shape index (κ2) is 6.26. The summed E-state index contributed by atoms with van der Waals surface area (Å²) < 4.78 is 10.9. The molecule has 8 nitrogen and oxygen atoms in total. The van der Waals surface area contributed by atoms with E-state index in [1.807, 2.05) is 12.1 Å². The van der Waals surface area contributed by atoms with Crippen molar-refractivity contribution in [1.29, 1.82) is 0 Å². The van der Waals surface area contributed by atoms with Crippen LogP contribution in [0.25, 0.3) is 11.3 Å². The first-order valence-electron chi connectivity index (χ1n) is 7.11. The van der Waals surface area contributed by atoms with E-state index in [9.17, 15) is 0 Å². The second-order valence-corrected chi connectivity index (χ2v) is 6.77. The smallest absolute Gasteiger partial charge is 0.245 e. The van der Waals surface area contributed by atoms with Crippen molar-refractivity contribution in [2.45, 2.75) is 6.54 Å². The van der Waals surface area contributed by atoms with Crippen molar-refractivity contribution in [3.63, 3.8) is 0 Å². The number of thiophene rings is 1. The standard InChI is InChI=1S/C13H13ClN6O2S/c14-9-2-1-8(23-9)7-15-12-13(20-3-5-21-6-4-20)17-11-10(16-12)18-22-19-11/h1-2H,3-7H2,(H,15,16,18). The van der Waals surface area contributed by atoms with Crippen molar-refractivity contribution in [3.05, 3.63) is 21.3 Å². The largest absolute Gasteiger partial charge is 0.378 e. The average molecular weight is 353 g/mol. The van der Waals surface area contributed by atoms with Gasteiger partial charge in [-0.05, 0) is 22.4 Å². The summed E-state index contributed by atoms with van der Waals surface area (Å²) >= 11 is 7.50. The Bertz CT molecular complexity index is 816. The molecule has 1 saturated heterocycles. The molecule has 0 aliphatic carbocycles. The molecule has 0 spiro atoms. The van der Waals surface area contributed by atoms with Crippen LogP contribution in [0.4, 0.5) is 11.6 Å². The normalized spacial score (nSPS) is 15.3. The van der Waals surface area contributed by atoms with Gasteiger partial charge < -0.3 is 15.0 Å². The SMILES string of the molecule is Clc1ccc(CNc2nc3nonc3nc2N2CCOCC2)s1. The zero-order valence-electron chi connectivity index (χ0n) is 12.0. The van der Waals surface area contributed by atoms with Crippen molar-refractivity contribution in [3.8, 4) is 0 Å². The van der Waals surface area contributed by atoms with Gasteiger partial charge in [0, 0.05) is 18.0 Å². The molecule has 120 valence electrons. The minimum Gasteiger partial charge on any atom is -0.378 e. The number of hydrogen-bond acceptors (Lipinski definition) is 9. The van der Waals surface area contributed by atoms with E-state index in [4.69, 9.17) is 21.0 Å². The van der Waals surface area contributed by atoms with Crippen LogP contribution in [0, 0.1) is 0 Å². The molecular formula is C13H13ClN6O2S. The van der Waals surface area contributed by atoms with E-state index in [1.54, 1.807) is 0 Å². The number of nitrogens with one attached hydrogen (secondary N) is 1. The highest BCUT2D eigenvalue weighted by Crippen LogP contribution is 2.27. The van der Waals surface area contributed by atoms with Gasteiger partial charge in [-0.15, -0.1) is 11.3 Å². The molecule has 3 aromatic rings. The van der Waals surface area contributed by atoms with Crippen LogP contribution in [-0.2, 0) is 11.3 Å². The lowest BCUT2D eigenvalue weighted by Gasteiger charge is -2.28. The molecule has 0 unspecified atom stereocenters. The molecule has 4 rings (SSSR count). The summed E-state index contributed by atoms with van der Waals surface area (Å²) in [6.07, 6.45) is 0. The zero-order chi connectivity index (χ0) is 15.6. The predicted molar refractivity (Wildman–Crippen MR) is 87.1 cm³/mol. The number of morpholine rings is 1. The lowest BCUT2D eigenvalue weighted by atomic mass is 10.4. The number of halogens is 1. The van der Waals surface area contributed by atoms with Crippen LogP contribution in [0.3, 0.4) is 0 Å². The van der Waals surface area contributed by atoms with Gasteiger partial charge in [0.05, 0.1) is 24.1 Å². The first-order valence-corrected chi connectivity index (χ1v) is 8.30. The van der Waals surface area contributed by atoms with E-state index in [2.05, 4.69) is 30.5 Å². The van der Waals surface area contributed by atoms with Gasteiger partial charge in [0.15, 0.2) is 11.6 Å². The van der Waals surface area contributed by atoms with Crippen molar-refractivity contribution < 1.29 is 9.37 Å². The van der Waals surface area contributed by atoms with Crippen molar-refractivity contribution >= 4 is 45.9 Å². The lowest BCUT2D eigenvalue weighted by molar-refractivity contribution is 0.122. The van der Waals surface area contributed by atoms with Crippen LogP contribution >= 0.6 is 22.9 Å². The Balaban J connectivity index is 1.64. The summed E-state index contributed by atoms with van der Waals surface area (Å²) in [7, 11) is 0. The number of aromatic nitrogens is 4. The van der Waals surface area contributed by atoms with Gasteiger partial charge in [-0.25, -0.2) is 14.6 Å². The van der Waals surface area contributed by atoms with Crippen molar-refractivity contribution in [2.24, 2.45) is 0 Å². The zero-order valence-corrected chi connectivity index (χ0v) is 13.6. The van der Waals surface area contributed by atoms with Crippen LogP contribution in [0.2, 0.25) is 4.34 Å². The third kappa shape index (κ3) is 3.07. The summed E-state index contributed by atoms with van der Waals surface area (Å²) in [5.74, 6) is 1.39. The fourth-order valence-corrected chi connectivity index (χ4v) is 3.39. The average Bonchev–Trinajstić information content (AvgIpc) is 3.21. The molecule has 10 heteroatoms. The monoisotopic (exact) mass is 352 g/mol. The molecule has 4 heterocycles. The molecule has 1 aliphatic rings. The molecule has 1 aliphatic heterocycles. The Morgan fingerprint density at radius 3 is 2.70 bits per heavy atom. The molecule has 0 radical (unpaired) electrons. The van der Waals surface area contributed by atoms with Crippen LogP contribution in [0.5, 0.6) is 0 Å². The van der Waals surface area contributed by atoms with E-state index < -0.39 is 0 Å². The molecular weight excluding hydrogens is 340 g/mol. The fraction of sp³-hybridized carbons (Fsp3) is 0.385. The Labute approximate surface area is 140 Å². The van der Waals surface area contributed by atoms with Crippen LogP contribution in [-0.4, -0.2) is 46.6 Å². The predicted octanol–water partition coefficient (Wildman–Crippen LogP) is 2.18. The van der Waals surface area contributed by atoms with Crippen molar-refractivity contribution in [1.82, 2.24) is 20.3 Å². The van der Waals surface area contributed by atoms with Crippen molar-refractivity contribution in [2.75, 3.05) is 36.5 Å². The van der Waals surface area contributed by atoms with Gasteiger partial charge >= 0.3 is 0 Å². The highest BCUT2D eigenvalue weighted by atomic mass is 35.5. The Hall–Kier alpha value is -1.97.